The molecule has 6 nitrogen and oxygen atoms in total. The fraction of sp³-hybridized carbons (Fsp3) is 0.500. The molecule has 0 radical (unpaired) electrons. The van der Waals surface area contributed by atoms with Gasteiger partial charge in [-0.1, -0.05) is 6.07 Å². The van der Waals surface area contributed by atoms with E-state index < -0.39 is 0 Å². The zero-order valence-corrected chi connectivity index (χ0v) is 15.1. The molecule has 1 atom stereocenters. The van der Waals surface area contributed by atoms with Gasteiger partial charge < -0.3 is 15.0 Å². The van der Waals surface area contributed by atoms with Crippen LogP contribution in [0, 0.1) is 0 Å². The number of hydrogen-bond acceptors (Lipinski definition) is 4. The lowest BCUT2D eigenvalue weighted by atomic mass is 10.0. The molecule has 26 heavy (non-hydrogen) atoms. The molecule has 2 saturated heterocycles. The number of nitrogens with zero attached hydrogens (tertiary/aromatic N) is 3. The average molecular weight is 354 g/mol. The molecular formula is C20H26N4O2. The zero-order valence-electron chi connectivity index (χ0n) is 15.1. The minimum absolute atomic E-state index is 0.00574. The molecular weight excluding hydrogens is 328 g/mol. The van der Waals surface area contributed by atoms with E-state index in [0.29, 0.717) is 0 Å². The SMILES string of the molecule is O=C(Nc1ccc2ncccc2c1)N1CCCCC1CN1CCOCC1. The fourth-order valence-corrected chi connectivity index (χ4v) is 3.89. The fourth-order valence-electron chi connectivity index (χ4n) is 3.89. The highest BCUT2D eigenvalue weighted by Crippen LogP contribution is 2.22. The van der Waals surface area contributed by atoms with Gasteiger partial charge in [0, 0.05) is 49.5 Å². The first-order valence-electron chi connectivity index (χ1n) is 9.52. The summed E-state index contributed by atoms with van der Waals surface area (Å²) in [6.07, 6.45) is 5.13. The molecule has 138 valence electrons. The van der Waals surface area contributed by atoms with Gasteiger partial charge in [0.25, 0.3) is 0 Å². The Morgan fingerprint density at radius 3 is 2.96 bits per heavy atom. The number of urea groups is 1. The number of hydrogen-bond donors (Lipinski definition) is 1. The van der Waals surface area contributed by atoms with E-state index in [4.69, 9.17) is 4.74 Å². The van der Waals surface area contributed by atoms with Gasteiger partial charge >= 0.3 is 6.03 Å². The van der Waals surface area contributed by atoms with Crippen molar-refractivity contribution in [3.05, 3.63) is 36.5 Å². The minimum atomic E-state index is 0.00574. The normalized spacial score (nSPS) is 21.7. The Hall–Kier alpha value is -2.18. The van der Waals surface area contributed by atoms with Crippen LogP contribution in [0.25, 0.3) is 10.9 Å². The summed E-state index contributed by atoms with van der Waals surface area (Å²) < 4.78 is 5.44. The molecule has 4 rings (SSSR count). The lowest BCUT2D eigenvalue weighted by molar-refractivity contribution is 0.0229. The second-order valence-corrected chi connectivity index (χ2v) is 7.10. The van der Waals surface area contributed by atoms with E-state index in [1.54, 1.807) is 6.20 Å². The van der Waals surface area contributed by atoms with E-state index >= 15 is 0 Å². The quantitative estimate of drug-likeness (QED) is 0.921. The van der Waals surface area contributed by atoms with Crippen LogP contribution < -0.4 is 5.32 Å². The van der Waals surface area contributed by atoms with Crippen molar-refractivity contribution in [3.63, 3.8) is 0 Å². The lowest BCUT2D eigenvalue weighted by Gasteiger charge is -2.39. The van der Waals surface area contributed by atoms with Crippen LogP contribution in [0.1, 0.15) is 19.3 Å². The number of amides is 2. The number of likely N-dealkylation sites (tertiary alicyclic amines) is 1. The lowest BCUT2D eigenvalue weighted by Crippen LogP contribution is -2.52. The molecule has 2 aliphatic rings. The molecule has 0 spiro atoms. The molecule has 3 heterocycles. The highest BCUT2D eigenvalue weighted by molar-refractivity contribution is 5.92. The molecule has 2 aromatic rings. The van der Waals surface area contributed by atoms with Crippen molar-refractivity contribution < 1.29 is 9.53 Å². The van der Waals surface area contributed by atoms with Gasteiger partial charge in [-0.15, -0.1) is 0 Å². The molecule has 0 saturated carbocycles. The van der Waals surface area contributed by atoms with Gasteiger partial charge in [0.2, 0.25) is 0 Å². The molecule has 6 heteroatoms. The van der Waals surface area contributed by atoms with Crippen LogP contribution in [0.15, 0.2) is 36.5 Å². The van der Waals surface area contributed by atoms with Gasteiger partial charge in [0.05, 0.1) is 18.7 Å². The number of pyridine rings is 1. The number of carbonyl (C=O) groups is 1. The number of fused-ring (bicyclic) bond motifs is 1. The first-order valence-corrected chi connectivity index (χ1v) is 9.52. The van der Waals surface area contributed by atoms with Crippen molar-refractivity contribution in [2.45, 2.75) is 25.3 Å². The van der Waals surface area contributed by atoms with Crippen LogP contribution in [0.4, 0.5) is 10.5 Å². The number of anilines is 1. The van der Waals surface area contributed by atoms with Crippen LogP contribution >= 0.6 is 0 Å². The van der Waals surface area contributed by atoms with Gasteiger partial charge in [0.15, 0.2) is 0 Å². The molecule has 1 aromatic heterocycles. The van der Waals surface area contributed by atoms with Gasteiger partial charge in [-0.05, 0) is 43.5 Å². The summed E-state index contributed by atoms with van der Waals surface area (Å²) in [5.41, 5.74) is 1.76. The Bertz CT molecular complexity index is 760. The third-order valence-corrected chi connectivity index (χ3v) is 5.31. The average Bonchev–Trinajstić information content (AvgIpc) is 2.69. The van der Waals surface area contributed by atoms with Crippen LogP contribution in [0.2, 0.25) is 0 Å². The number of carbonyl (C=O) groups excluding carboxylic acids is 1. The summed E-state index contributed by atoms with van der Waals surface area (Å²) in [6, 6.07) is 10.1. The van der Waals surface area contributed by atoms with Gasteiger partial charge in [-0.3, -0.25) is 9.88 Å². The Balaban J connectivity index is 1.43. The minimum Gasteiger partial charge on any atom is -0.379 e. The van der Waals surface area contributed by atoms with E-state index in [0.717, 1.165) is 68.8 Å². The van der Waals surface area contributed by atoms with E-state index in [-0.39, 0.29) is 12.1 Å². The zero-order chi connectivity index (χ0) is 17.8. The Labute approximate surface area is 154 Å². The molecule has 1 unspecified atom stereocenters. The first kappa shape index (κ1) is 17.2. The van der Waals surface area contributed by atoms with Gasteiger partial charge in [0.1, 0.15) is 0 Å². The molecule has 2 amide bonds. The maximum Gasteiger partial charge on any atom is 0.322 e. The predicted octanol–water partition coefficient (Wildman–Crippen LogP) is 2.95. The summed E-state index contributed by atoms with van der Waals surface area (Å²) in [4.78, 5) is 21.7. The molecule has 2 aliphatic heterocycles. The Kier molecular flexibility index (Phi) is 5.32. The number of rotatable bonds is 3. The van der Waals surface area contributed by atoms with Gasteiger partial charge in [-0.25, -0.2) is 4.79 Å². The maximum atomic E-state index is 12.9. The number of morpholine rings is 1. The Morgan fingerprint density at radius 2 is 2.08 bits per heavy atom. The maximum absolute atomic E-state index is 12.9. The molecule has 0 aliphatic carbocycles. The third-order valence-electron chi connectivity index (χ3n) is 5.31. The number of nitrogens with one attached hydrogen (secondary N) is 1. The monoisotopic (exact) mass is 354 g/mol. The third kappa shape index (κ3) is 3.97. The summed E-state index contributed by atoms with van der Waals surface area (Å²) in [5, 5.41) is 4.12. The standard InChI is InChI=1S/C20H26N4O2/c25-20(22-17-6-7-19-16(14-17)4-3-8-21-19)24-9-2-1-5-18(24)15-23-10-12-26-13-11-23/h3-4,6-8,14,18H,1-2,5,9-13,15H2,(H,22,25). The van der Waals surface area contributed by atoms with Crippen molar-refractivity contribution in [3.8, 4) is 0 Å². The summed E-state index contributed by atoms with van der Waals surface area (Å²) in [5.74, 6) is 0. The number of piperidine rings is 1. The topological polar surface area (TPSA) is 57.7 Å². The van der Waals surface area contributed by atoms with E-state index in [1.165, 1.54) is 6.42 Å². The van der Waals surface area contributed by atoms with E-state index in [9.17, 15) is 4.79 Å². The summed E-state index contributed by atoms with van der Waals surface area (Å²) >= 11 is 0. The molecule has 0 bridgehead atoms. The molecule has 1 aromatic carbocycles. The number of ether oxygens (including phenoxy) is 1. The van der Waals surface area contributed by atoms with E-state index in [2.05, 4.69) is 15.2 Å². The van der Waals surface area contributed by atoms with Crippen molar-refractivity contribution in [1.82, 2.24) is 14.8 Å². The predicted molar refractivity (Wildman–Crippen MR) is 102 cm³/mol. The molecule has 1 N–H and O–H groups in total. The highest BCUT2D eigenvalue weighted by atomic mass is 16.5. The van der Waals surface area contributed by atoms with Crippen molar-refractivity contribution in [2.24, 2.45) is 0 Å². The van der Waals surface area contributed by atoms with Crippen LogP contribution in [0.5, 0.6) is 0 Å². The summed E-state index contributed by atoms with van der Waals surface area (Å²) in [6.45, 7) is 5.29. The van der Waals surface area contributed by atoms with Crippen molar-refractivity contribution >= 4 is 22.6 Å². The highest BCUT2D eigenvalue weighted by Gasteiger charge is 2.28. The number of aromatic nitrogens is 1. The number of benzene rings is 1. The van der Waals surface area contributed by atoms with Crippen molar-refractivity contribution in [1.29, 1.82) is 0 Å². The van der Waals surface area contributed by atoms with Crippen LogP contribution in [-0.2, 0) is 4.74 Å². The second-order valence-electron chi connectivity index (χ2n) is 7.10. The van der Waals surface area contributed by atoms with Crippen LogP contribution in [-0.4, -0.2) is 66.2 Å². The Morgan fingerprint density at radius 1 is 1.19 bits per heavy atom. The first-order chi connectivity index (χ1) is 12.8. The van der Waals surface area contributed by atoms with Gasteiger partial charge in [-0.2, -0.15) is 0 Å². The second kappa shape index (κ2) is 8.01. The largest absolute Gasteiger partial charge is 0.379 e. The summed E-state index contributed by atoms with van der Waals surface area (Å²) in [7, 11) is 0. The van der Waals surface area contributed by atoms with Crippen molar-refractivity contribution in [2.75, 3.05) is 44.7 Å². The molecule has 2 fully saturated rings. The smallest absolute Gasteiger partial charge is 0.322 e. The van der Waals surface area contributed by atoms with E-state index in [1.807, 2.05) is 35.2 Å². The van der Waals surface area contributed by atoms with Crippen LogP contribution in [0.3, 0.4) is 0 Å².